The van der Waals surface area contributed by atoms with Crippen molar-refractivity contribution >= 4 is 5.96 Å². The fraction of sp³-hybridized carbons (Fsp3) is 0.611. The van der Waals surface area contributed by atoms with Crippen LogP contribution in [0.5, 0.6) is 5.75 Å². The number of rotatable bonds is 5. The van der Waals surface area contributed by atoms with E-state index >= 15 is 0 Å². The summed E-state index contributed by atoms with van der Waals surface area (Å²) in [4.78, 5) is 7.16. The Morgan fingerprint density at radius 1 is 1.35 bits per heavy atom. The molecule has 23 heavy (non-hydrogen) atoms. The van der Waals surface area contributed by atoms with E-state index in [0.29, 0.717) is 6.04 Å². The molecule has 2 N–H and O–H groups in total. The maximum atomic E-state index is 5.98. The number of hydrogen-bond acceptors (Lipinski definition) is 3. The Balaban J connectivity index is 1.50. The van der Waals surface area contributed by atoms with Crippen molar-refractivity contribution in [1.82, 2.24) is 15.5 Å². The van der Waals surface area contributed by atoms with Crippen LogP contribution in [0.1, 0.15) is 25.3 Å². The van der Waals surface area contributed by atoms with Gasteiger partial charge in [-0.05, 0) is 45.0 Å². The van der Waals surface area contributed by atoms with Gasteiger partial charge in [0.2, 0.25) is 0 Å². The van der Waals surface area contributed by atoms with Crippen LogP contribution in [0, 0.1) is 0 Å². The Morgan fingerprint density at radius 3 is 2.96 bits per heavy atom. The highest BCUT2D eigenvalue weighted by atomic mass is 16.5. The molecule has 0 spiro atoms. The summed E-state index contributed by atoms with van der Waals surface area (Å²) >= 11 is 0. The van der Waals surface area contributed by atoms with Crippen LogP contribution in [-0.4, -0.2) is 56.2 Å². The SMILES string of the molecule is CCNC(=NCC1CCCN1C)NCC1Cc2ccccc2O1. The van der Waals surface area contributed by atoms with Crippen LogP contribution in [-0.2, 0) is 6.42 Å². The maximum absolute atomic E-state index is 5.98. The molecule has 5 heteroatoms. The summed E-state index contributed by atoms with van der Waals surface area (Å²) in [5.74, 6) is 1.92. The molecule has 3 rings (SSSR count). The number of nitrogens with one attached hydrogen (secondary N) is 2. The molecule has 1 aromatic carbocycles. The first kappa shape index (κ1) is 16.1. The summed E-state index contributed by atoms with van der Waals surface area (Å²) in [6, 6.07) is 8.87. The summed E-state index contributed by atoms with van der Waals surface area (Å²) < 4.78 is 5.98. The highest BCUT2D eigenvalue weighted by molar-refractivity contribution is 5.79. The number of likely N-dealkylation sites (N-methyl/N-ethyl adjacent to an activating group) is 1. The molecule has 0 saturated carbocycles. The number of fused-ring (bicyclic) bond motifs is 1. The van der Waals surface area contributed by atoms with Crippen LogP contribution in [0.15, 0.2) is 29.3 Å². The van der Waals surface area contributed by atoms with Gasteiger partial charge in [0, 0.05) is 19.0 Å². The lowest BCUT2D eigenvalue weighted by atomic mass is 10.1. The Labute approximate surface area is 139 Å². The van der Waals surface area contributed by atoms with Crippen LogP contribution < -0.4 is 15.4 Å². The van der Waals surface area contributed by atoms with Crippen LogP contribution in [0.4, 0.5) is 0 Å². The van der Waals surface area contributed by atoms with Crippen molar-refractivity contribution in [1.29, 1.82) is 0 Å². The number of hydrogen-bond donors (Lipinski definition) is 2. The predicted molar refractivity (Wildman–Crippen MR) is 94.2 cm³/mol. The second kappa shape index (κ2) is 7.68. The summed E-state index contributed by atoms with van der Waals surface area (Å²) in [7, 11) is 2.19. The Morgan fingerprint density at radius 2 is 2.22 bits per heavy atom. The summed E-state index contributed by atoms with van der Waals surface area (Å²) in [5.41, 5.74) is 1.30. The Hall–Kier alpha value is -1.75. The lowest BCUT2D eigenvalue weighted by molar-refractivity contribution is 0.235. The third-order valence-corrected chi connectivity index (χ3v) is 4.69. The fourth-order valence-corrected chi connectivity index (χ4v) is 3.33. The first-order valence-corrected chi connectivity index (χ1v) is 8.73. The quantitative estimate of drug-likeness (QED) is 0.640. The number of aliphatic imine (C=N–C) groups is 1. The molecule has 1 saturated heterocycles. The van der Waals surface area contributed by atoms with Crippen molar-refractivity contribution in [2.75, 3.05) is 33.2 Å². The van der Waals surface area contributed by atoms with Gasteiger partial charge in [0.15, 0.2) is 5.96 Å². The van der Waals surface area contributed by atoms with Gasteiger partial charge in [-0.15, -0.1) is 0 Å². The molecule has 2 heterocycles. The second-order valence-corrected chi connectivity index (χ2v) is 6.43. The van der Waals surface area contributed by atoms with Gasteiger partial charge in [-0.1, -0.05) is 18.2 Å². The maximum Gasteiger partial charge on any atom is 0.191 e. The third kappa shape index (κ3) is 4.16. The van der Waals surface area contributed by atoms with Gasteiger partial charge < -0.3 is 20.3 Å². The molecule has 0 bridgehead atoms. The monoisotopic (exact) mass is 316 g/mol. The van der Waals surface area contributed by atoms with Crippen molar-refractivity contribution in [2.24, 2.45) is 4.99 Å². The van der Waals surface area contributed by atoms with Crippen molar-refractivity contribution in [3.05, 3.63) is 29.8 Å². The van der Waals surface area contributed by atoms with Gasteiger partial charge >= 0.3 is 0 Å². The lowest BCUT2D eigenvalue weighted by Gasteiger charge is -2.19. The average Bonchev–Trinajstić information content (AvgIpc) is 3.15. The van der Waals surface area contributed by atoms with E-state index in [1.165, 1.54) is 24.9 Å². The zero-order valence-electron chi connectivity index (χ0n) is 14.2. The first-order valence-electron chi connectivity index (χ1n) is 8.73. The van der Waals surface area contributed by atoms with Crippen LogP contribution in [0.2, 0.25) is 0 Å². The molecular formula is C18H28N4O. The number of nitrogens with zero attached hydrogens (tertiary/aromatic N) is 2. The smallest absolute Gasteiger partial charge is 0.191 e. The van der Waals surface area contributed by atoms with Crippen LogP contribution >= 0.6 is 0 Å². The van der Waals surface area contributed by atoms with E-state index in [0.717, 1.165) is 37.8 Å². The minimum atomic E-state index is 0.186. The standard InChI is InChI=1S/C18H28N4O/c1-3-19-18(20-12-15-8-6-10-22(15)2)21-13-16-11-14-7-4-5-9-17(14)23-16/h4-5,7,9,15-16H,3,6,8,10-13H2,1-2H3,(H2,19,20,21). The molecule has 5 nitrogen and oxygen atoms in total. The minimum Gasteiger partial charge on any atom is -0.488 e. The van der Waals surface area contributed by atoms with E-state index in [-0.39, 0.29) is 6.10 Å². The number of benzene rings is 1. The van der Waals surface area contributed by atoms with Crippen LogP contribution in [0.3, 0.4) is 0 Å². The molecule has 0 amide bonds. The number of likely N-dealkylation sites (tertiary alicyclic amines) is 1. The van der Waals surface area contributed by atoms with Gasteiger partial charge in [-0.3, -0.25) is 4.99 Å². The third-order valence-electron chi connectivity index (χ3n) is 4.69. The number of ether oxygens (including phenoxy) is 1. The largest absolute Gasteiger partial charge is 0.488 e. The lowest BCUT2D eigenvalue weighted by Crippen LogP contribution is -2.43. The molecule has 2 aliphatic rings. The molecule has 2 atom stereocenters. The molecule has 0 aliphatic carbocycles. The molecule has 2 unspecified atom stereocenters. The zero-order chi connectivity index (χ0) is 16.1. The molecule has 126 valence electrons. The van der Waals surface area contributed by atoms with Crippen molar-refractivity contribution in [3.8, 4) is 5.75 Å². The second-order valence-electron chi connectivity index (χ2n) is 6.43. The molecule has 0 radical (unpaired) electrons. The fourth-order valence-electron chi connectivity index (χ4n) is 3.33. The first-order chi connectivity index (χ1) is 11.3. The Bertz CT molecular complexity index is 521. The Kier molecular flexibility index (Phi) is 5.39. The van der Waals surface area contributed by atoms with E-state index < -0.39 is 0 Å². The highest BCUT2D eigenvalue weighted by Gasteiger charge is 2.23. The van der Waals surface area contributed by atoms with Gasteiger partial charge in [0.25, 0.3) is 0 Å². The van der Waals surface area contributed by atoms with Gasteiger partial charge in [-0.25, -0.2) is 0 Å². The van der Waals surface area contributed by atoms with E-state index in [4.69, 9.17) is 9.73 Å². The number of guanidine groups is 1. The van der Waals surface area contributed by atoms with E-state index in [1.54, 1.807) is 0 Å². The summed E-state index contributed by atoms with van der Waals surface area (Å²) in [5, 5.41) is 6.76. The van der Waals surface area contributed by atoms with Crippen molar-refractivity contribution in [3.63, 3.8) is 0 Å². The molecular weight excluding hydrogens is 288 g/mol. The molecule has 2 aliphatic heterocycles. The normalized spacial score (nSPS) is 24.3. The van der Waals surface area contributed by atoms with Gasteiger partial charge in [-0.2, -0.15) is 0 Å². The van der Waals surface area contributed by atoms with Crippen molar-refractivity contribution in [2.45, 2.75) is 38.3 Å². The highest BCUT2D eigenvalue weighted by Crippen LogP contribution is 2.27. The topological polar surface area (TPSA) is 48.9 Å². The average molecular weight is 316 g/mol. The molecule has 1 fully saturated rings. The minimum absolute atomic E-state index is 0.186. The summed E-state index contributed by atoms with van der Waals surface area (Å²) in [6.45, 7) is 5.80. The van der Waals surface area contributed by atoms with E-state index in [2.05, 4.69) is 41.6 Å². The van der Waals surface area contributed by atoms with Crippen LogP contribution in [0.25, 0.3) is 0 Å². The van der Waals surface area contributed by atoms with E-state index in [1.807, 2.05) is 12.1 Å². The molecule has 1 aromatic rings. The van der Waals surface area contributed by atoms with E-state index in [9.17, 15) is 0 Å². The number of para-hydroxylation sites is 1. The van der Waals surface area contributed by atoms with Gasteiger partial charge in [0.1, 0.15) is 11.9 Å². The summed E-state index contributed by atoms with van der Waals surface area (Å²) in [6.07, 6.45) is 3.69. The predicted octanol–water partition coefficient (Wildman–Crippen LogP) is 1.64. The van der Waals surface area contributed by atoms with Gasteiger partial charge in [0.05, 0.1) is 13.1 Å². The van der Waals surface area contributed by atoms with Crippen molar-refractivity contribution < 1.29 is 4.74 Å². The molecule has 0 aromatic heterocycles. The zero-order valence-corrected chi connectivity index (χ0v) is 14.2.